The van der Waals surface area contributed by atoms with Crippen LogP contribution in [0.4, 0.5) is 5.69 Å². The van der Waals surface area contributed by atoms with Gasteiger partial charge in [-0.2, -0.15) is 0 Å². The molecule has 128 valence electrons. The Kier molecular flexibility index (Phi) is 4.04. The normalized spacial score (nSPS) is 22.8. The maximum atomic E-state index is 12.4. The summed E-state index contributed by atoms with van der Waals surface area (Å²) in [5, 5.41) is 0. The fourth-order valence-corrected chi connectivity index (χ4v) is 4.06. The van der Waals surface area contributed by atoms with Gasteiger partial charge in [0.25, 0.3) is 0 Å². The molecular weight excluding hydrogens is 304 g/mol. The molecule has 5 nitrogen and oxygen atoms in total. The fraction of sp³-hybridized carbons (Fsp3) is 0.579. The van der Waals surface area contributed by atoms with Crippen molar-refractivity contribution in [3.63, 3.8) is 0 Å². The first kappa shape index (κ1) is 15.6. The summed E-state index contributed by atoms with van der Waals surface area (Å²) >= 11 is 0. The Morgan fingerprint density at radius 3 is 2.46 bits per heavy atom. The number of nitrogens with zero attached hydrogens (tertiary/aromatic N) is 2. The average molecular weight is 328 g/mol. The van der Waals surface area contributed by atoms with E-state index in [4.69, 9.17) is 4.74 Å². The van der Waals surface area contributed by atoms with Crippen LogP contribution in [-0.4, -0.2) is 49.6 Å². The van der Waals surface area contributed by atoms with Crippen molar-refractivity contribution in [1.82, 2.24) is 4.90 Å². The molecular formula is C19H24N2O3. The third-order valence-corrected chi connectivity index (χ3v) is 5.64. The monoisotopic (exact) mass is 328 g/mol. The maximum absolute atomic E-state index is 12.4. The van der Waals surface area contributed by atoms with Crippen molar-refractivity contribution in [2.75, 3.05) is 37.7 Å². The van der Waals surface area contributed by atoms with Crippen LogP contribution in [0.25, 0.3) is 0 Å². The Bertz CT molecular complexity index is 627. The molecule has 1 aromatic carbocycles. The predicted molar refractivity (Wildman–Crippen MR) is 90.8 cm³/mol. The molecule has 3 saturated heterocycles. The molecule has 0 bridgehead atoms. The number of likely N-dealkylation sites (tertiary alicyclic amines) is 1. The van der Waals surface area contributed by atoms with E-state index in [1.54, 1.807) is 0 Å². The van der Waals surface area contributed by atoms with Gasteiger partial charge in [-0.25, -0.2) is 0 Å². The lowest BCUT2D eigenvalue weighted by Gasteiger charge is -2.52. The Morgan fingerprint density at radius 2 is 1.83 bits per heavy atom. The molecule has 24 heavy (non-hydrogen) atoms. The highest BCUT2D eigenvalue weighted by Gasteiger charge is 2.45. The first-order valence-corrected chi connectivity index (χ1v) is 8.90. The molecule has 3 aliphatic heterocycles. The van der Waals surface area contributed by atoms with E-state index in [1.165, 1.54) is 0 Å². The van der Waals surface area contributed by atoms with Crippen LogP contribution < -0.4 is 4.90 Å². The largest absolute Gasteiger partial charge is 0.381 e. The van der Waals surface area contributed by atoms with E-state index in [2.05, 4.69) is 0 Å². The number of anilines is 1. The quantitative estimate of drug-likeness (QED) is 0.853. The van der Waals surface area contributed by atoms with E-state index in [1.807, 2.05) is 34.1 Å². The molecule has 4 rings (SSSR count). The van der Waals surface area contributed by atoms with Crippen LogP contribution in [0.15, 0.2) is 24.3 Å². The molecule has 1 aromatic rings. The van der Waals surface area contributed by atoms with Crippen molar-refractivity contribution >= 4 is 17.5 Å². The molecule has 3 aliphatic rings. The molecule has 3 heterocycles. The Balaban J connectivity index is 1.32. The second-order valence-electron chi connectivity index (χ2n) is 7.35. The zero-order valence-electron chi connectivity index (χ0n) is 14.0. The third-order valence-electron chi connectivity index (χ3n) is 5.64. The first-order chi connectivity index (χ1) is 11.7. The maximum Gasteiger partial charge on any atom is 0.227 e. The van der Waals surface area contributed by atoms with Gasteiger partial charge in [0.15, 0.2) is 0 Å². The fourth-order valence-electron chi connectivity index (χ4n) is 4.06. The summed E-state index contributed by atoms with van der Waals surface area (Å²) in [7, 11) is 0. The summed E-state index contributed by atoms with van der Waals surface area (Å²) in [6, 6.07) is 7.87. The summed E-state index contributed by atoms with van der Waals surface area (Å²) in [4.78, 5) is 28.0. The minimum Gasteiger partial charge on any atom is -0.381 e. The molecule has 0 atom stereocenters. The van der Waals surface area contributed by atoms with Crippen molar-refractivity contribution < 1.29 is 14.3 Å². The highest BCUT2D eigenvalue weighted by Crippen LogP contribution is 2.39. The van der Waals surface area contributed by atoms with Crippen LogP contribution in [-0.2, 0) is 20.7 Å². The van der Waals surface area contributed by atoms with Crippen molar-refractivity contribution in [2.24, 2.45) is 5.41 Å². The number of carbonyl (C=O) groups is 2. The molecule has 0 N–H and O–H groups in total. The van der Waals surface area contributed by atoms with Gasteiger partial charge in [0, 0.05) is 50.4 Å². The van der Waals surface area contributed by atoms with Gasteiger partial charge in [0.1, 0.15) is 0 Å². The van der Waals surface area contributed by atoms with Gasteiger partial charge < -0.3 is 14.5 Å². The highest BCUT2D eigenvalue weighted by molar-refractivity contribution is 5.95. The average Bonchev–Trinajstić information content (AvgIpc) is 3.00. The number of benzene rings is 1. The Labute approximate surface area is 142 Å². The van der Waals surface area contributed by atoms with Gasteiger partial charge in [-0.3, -0.25) is 9.59 Å². The van der Waals surface area contributed by atoms with Crippen LogP contribution in [0.3, 0.4) is 0 Å². The molecule has 5 heteroatoms. The smallest absolute Gasteiger partial charge is 0.227 e. The van der Waals surface area contributed by atoms with E-state index in [-0.39, 0.29) is 11.8 Å². The third kappa shape index (κ3) is 2.93. The zero-order chi connectivity index (χ0) is 16.6. The van der Waals surface area contributed by atoms with E-state index in [0.29, 0.717) is 18.3 Å². The van der Waals surface area contributed by atoms with Crippen molar-refractivity contribution in [1.29, 1.82) is 0 Å². The van der Waals surface area contributed by atoms with E-state index in [9.17, 15) is 9.59 Å². The number of rotatable bonds is 3. The zero-order valence-corrected chi connectivity index (χ0v) is 14.0. The lowest BCUT2D eigenvalue weighted by molar-refractivity contribution is -0.149. The van der Waals surface area contributed by atoms with Crippen LogP contribution in [0, 0.1) is 5.41 Å². The van der Waals surface area contributed by atoms with E-state index >= 15 is 0 Å². The Hall–Kier alpha value is -1.88. The van der Waals surface area contributed by atoms with Gasteiger partial charge in [-0.1, -0.05) is 12.1 Å². The van der Waals surface area contributed by atoms with Gasteiger partial charge in [0.2, 0.25) is 11.8 Å². The van der Waals surface area contributed by atoms with Crippen molar-refractivity contribution in [2.45, 2.75) is 32.1 Å². The van der Waals surface area contributed by atoms with Gasteiger partial charge >= 0.3 is 0 Å². The van der Waals surface area contributed by atoms with Crippen LogP contribution in [0.2, 0.25) is 0 Å². The van der Waals surface area contributed by atoms with Crippen molar-refractivity contribution in [3.05, 3.63) is 29.8 Å². The molecule has 0 unspecified atom stereocenters. The summed E-state index contributed by atoms with van der Waals surface area (Å²) < 4.78 is 5.42. The molecule has 2 amide bonds. The highest BCUT2D eigenvalue weighted by atomic mass is 16.5. The first-order valence-electron chi connectivity index (χ1n) is 8.90. The lowest BCUT2D eigenvalue weighted by Crippen LogP contribution is -2.60. The molecule has 0 saturated carbocycles. The van der Waals surface area contributed by atoms with Gasteiger partial charge in [0.05, 0.1) is 6.42 Å². The van der Waals surface area contributed by atoms with E-state index in [0.717, 1.165) is 63.4 Å². The number of hydrogen-bond donors (Lipinski definition) is 0. The van der Waals surface area contributed by atoms with Crippen LogP contribution in [0.5, 0.6) is 0 Å². The second-order valence-corrected chi connectivity index (χ2v) is 7.35. The number of amides is 2. The minimum atomic E-state index is 0.196. The second kappa shape index (κ2) is 6.20. The predicted octanol–water partition coefficient (Wildman–Crippen LogP) is 1.99. The van der Waals surface area contributed by atoms with Crippen LogP contribution >= 0.6 is 0 Å². The molecule has 0 aromatic heterocycles. The summed E-state index contributed by atoms with van der Waals surface area (Å²) in [6.45, 7) is 4.24. The SMILES string of the molecule is O=C(Cc1ccc(N2CCCC2=O)cc1)N1CC2(CCOCC2)C1. The van der Waals surface area contributed by atoms with Gasteiger partial charge in [-0.15, -0.1) is 0 Å². The summed E-state index contributed by atoms with van der Waals surface area (Å²) in [5.74, 6) is 0.401. The number of hydrogen-bond acceptors (Lipinski definition) is 3. The minimum absolute atomic E-state index is 0.196. The molecule has 0 aliphatic carbocycles. The topological polar surface area (TPSA) is 49.9 Å². The molecule has 0 radical (unpaired) electrons. The van der Waals surface area contributed by atoms with Gasteiger partial charge in [-0.05, 0) is 37.0 Å². The summed E-state index contributed by atoms with van der Waals surface area (Å²) in [5.41, 5.74) is 2.29. The van der Waals surface area contributed by atoms with E-state index < -0.39 is 0 Å². The number of carbonyl (C=O) groups excluding carboxylic acids is 2. The summed E-state index contributed by atoms with van der Waals surface area (Å²) in [6.07, 6.45) is 4.17. The Morgan fingerprint density at radius 1 is 1.12 bits per heavy atom. The van der Waals surface area contributed by atoms with Crippen molar-refractivity contribution in [3.8, 4) is 0 Å². The molecule has 1 spiro atoms. The van der Waals surface area contributed by atoms with Crippen LogP contribution in [0.1, 0.15) is 31.2 Å². The lowest BCUT2D eigenvalue weighted by atomic mass is 9.73. The molecule has 3 fully saturated rings. The standard InChI is InChI=1S/C19H24N2O3/c22-17-2-1-9-21(17)16-5-3-15(4-6-16)12-18(23)20-13-19(14-20)7-10-24-11-8-19/h3-6H,1-2,7-14H2. The number of ether oxygens (including phenoxy) is 1.